The molecule has 1 N–H and O–H groups in total. The normalized spacial score (nSPS) is 14.1. The van der Waals surface area contributed by atoms with E-state index < -0.39 is 34.3 Å². The second-order valence-corrected chi connectivity index (χ2v) is 13.9. The highest BCUT2D eigenvalue weighted by Gasteiger charge is 2.36. The van der Waals surface area contributed by atoms with E-state index in [-0.39, 0.29) is 41.1 Å². The largest absolute Gasteiger partial charge is 0.352 e. The van der Waals surface area contributed by atoms with Gasteiger partial charge in [0.15, 0.2) is 0 Å². The highest BCUT2D eigenvalue weighted by Crippen LogP contribution is 2.30. The topological polar surface area (TPSA) is 86.8 Å². The van der Waals surface area contributed by atoms with E-state index in [9.17, 15) is 18.0 Å². The van der Waals surface area contributed by atoms with E-state index in [1.54, 1.807) is 61.5 Å². The third-order valence-electron chi connectivity index (χ3n) is 8.31. The van der Waals surface area contributed by atoms with Gasteiger partial charge in [0.2, 0.25) is 11.8 Å². The first kappa shape index (κ1) is 33.2. The Hall–Kier alpha value is -4.21. The minimum atomic E-state index is -4.25. The molecule has 0 radical (unpaired) electrons. The molecular weight excluding hydrogens is 625 g/mol. The molecule has 4 aromatic carbocycles. The SMILES string of the molecule is Cc1cc(Cl)ccc1N(CC(=O)N(Cc1ccccc1F)[C@@H](Cc1ccccc1)C(=O)NC1CCCC1)S(=O)(=O)c1ccccc1. The van der Waals surface area contributed by atoms with Gasteiger partial charge in [0.05, 0.1) is 10.6 Å². The van der Waals surface area contributed by atoms with E-state index in [4.69, 9.17) is 11.6 Å². The molecule has 2 amide bonds. The summed E-state index contributed by atoms with van der Waals surface area (Å²) in [5.41, 5.74) is 1.83. The lowest BCUT2D eigenvalue weighted by Crippen LogP contribution is -2.54. The van der Waals surface area contributed by atoms with Crippen LogP contribution >= 0.6 is 11.6 Å². The van der Waals surface area contributed by atoms with E-state index in [1.807, 2.05) is 30.3 Å². The fraction of sp³-hybridized carbons (Fsp3) is 0.278. The summed E-state index contributed by atoms with van der Waals surface area (Å²) in [5, 5.41) is 3.53. The van der Waals surface area contributed by atoms with Gasteiger partial charge in [0.25, 0.3) is 10.0 Å². The lowest BCUT2D eigenvalue weighted by atomic mass is 10.0. The zero-order valence-electron chi connectivity index (χ0n) is 25.6. The number of nitrogens with one attached hydrogen (secondary N) is 1. The van der Waals surface area contributed by atoms with Gasteiger partial charge >= 0.3 is 0 Å². The summed E-state index contributed by atoms with van der Waals surface area (Å²) < 4.78 is 44.4. The van der Waals surface area contributed by atoms with E-state index in [2.05, 4.69) is 5.32 Å². The molecule has 4 aromatic rings. The molecule has 0 aromatic heterocycles. The molecule has 1 saturated carbocycles. The fourth-order valence-corrected chi connectivity index (χ4v) is 7.59. The molecule has 1 aliphatic rings. The molecule has 0 heterocycles. The van der Waals surface area contributed by atoms with Crippen molar-refractivity contribution in [2.45, 2.75) is 62.6 Å². The smallest absolute Gasteiger partial charge is 0.264 e. The molecule has 7 nitrogen and oxygen atoms in total. The Morgan fingerprint density at radius 2 is 1.54 bits per heavy atom. The van der Waals surface area contributed by atoms with Gasteiger partial charge in [-0.15, -0.1) is 0 Å². The Morgan fingerprint density at radius 1 is 0.913 bits per heavy atom. The average Bonchev–Trinajstić information content (AvgIpc) is 3.56. The van der Waals surface area contributed by atoms with Gasteiger partial charge in [-0.25, -0.2) is 12.8 Å². The second kappa shape index (κ2) is 14.9. The van der Waals surface area contributed by atoms with E-state index in [0.29, 0.717) is 10.6 Å². The molecule has 0 aliphatic heterocycles. The van der Waals surface area contributed by atoms with Gasteiger partial charge in [-0.2, -0.15) is 0 Å². The van der Waals surface area contributed by atoms with Crippen molar-refractivity contribution in [2.24, 2.45) is 0 Å². The molecule has 46 heavy (non-hydrogen) atoms. The monoisotopic (exact) mass is 661 g/mol. The maximum atomic E-state index is 15.1. The van der Waals surface area contributed by atoms with Crippen molar-refractivity contribution in [1.29, 1.82) is 0 Å². The Bertz CT molecular complexity index is 1770. The number of carbonyl (C=O) groups excluding carboxylic acids is 2. The molecule has 1 fully saturated rings. The summed E-state index contributed by atoms with van der Waals surface area (Å²) in [5.74, 6) is -1.54. The number of hydrogen-bond acceptors (Lipinski definition) is 4. The van der Waals surface area contributed by atoms with Crippen molar-refractivity contribution in [3.63, 3.8) is 0 Å². The highest BCUT2D eigenvalue weighted by atomic mass is 35.5. The standard InChI is InChI=1S/C36H37ClFN3O4S/c1-26-22-29(37)20-21-33(26)41(46(44,45)31-17-6-3-7-18-31)25-35(42)40(24-28-14-8-11-19-32(28)38)34(23-27-12-4-2-5-13-27)36(43)39-30-15-9-10-16-30/h2-8,11-14,17-22,30,34H,9-10,15-16,23-25H2,1H3,(H,39,43)/t34-/m0/s1. The average molecular weight is 662 g/mol. The number of anilines is 1. The maximum Gasteiger partial charge on any atom is 0.264 e. The van der Waals surface area contributed by atoms with Crippen molar-refractivity contribution >= 4 is 39.1 Å². The summed E-state index contributed by atoms with van der Waals surface area (Å²) in [4.78, 5) is 29.9. The fourth-order valence-electron chi connectivity index (χ4n) is 5.86. The predicted molar refractivity (Wildman–Crippen MR) is 178 cm³/mol. The first-order valence-corrected chi connectivity index (χ1v) is 17.2. The van der Waals surface area contributed by atoms with Crippen molar-refractivity contribution in [1.82, 2.24) is 10.2 Å². The molecule has 10 heteroatoms. The minimum Gasteiger partial charge on any atom is -0.352 e. The van der Waals surface area contributed by atoms with Gasteiger partial charge in [0.1, 0.15) is 18.4 Å². The van der Waals surface area contributed by atoms with Gasteiger partial charge in [-0.3, -0.25) is 13.9 Å². The Labute approximate surface area is 275 Å². The molecule has 0 spiro atoms. The third-order valence-corrected chi connectivity index (χ3v) is 10.3. The van der Waals surface area contributed by atoms with Crippen LogP contribution in [0.1, 0.15) is 42.4 Å². The highest BCUT2D eigenvalue weighted by molar-refractivity contribution is 7.92. The van der Waals surface area contributed by atoms with Crippen LogP contribution in [0.15, 0.2) is 108 Å². The zero-order valence-corrected chi connectivity index (χ0v) is 27.2. The van der Waals surface area contributed by atoms with E-state index >= 15 is 4.39 Å². The van der Waals surface area contributed by atoms with Gasteiger partial charge in [-0.05, 0) is 67.3 Å². The van der Waals surface area contributed by atoms with E-state index in [0.717, 1.165) is 35.6 Å². The van der Waals surface area contributed by atoms with Gasteiger partial charge in [-0.1, -0.05) is 91.2 Å². The number of rotatable bonds is 12. The lowest BCUT2D eigenvalue weighted by Gasteiger charge is -2.34. The first-order valence-electron chi connectivity index (χ1n) is 15.3. The van der Waals surface area contributed by atoms with Crippen molar-refractivity contribution in [3.8, 4) is 0 Å². The summed E-state index contributed by atoms with van der Waals surface area (Å²) >= 11 is 6.21. The van der Waals surface area contributed by atoms with Crippen LogP contribution in [-0.2, 0) is 32.6 Å². The molecular formula is C36H37ClFN3O4S. The van der Waals surface area contributed by atoms with Crippen molar-refractivity contribution in [2.75, 3.05) is 10.8 Å². The molecule has 240 valence electrons. The van der Waals surface area contributed by atoms with E-state index in [1.165, 1.54) is 23.1 Å². The summed E-state index contributed by atoms with van der Waals surface area (Å²) in [6.07, 6.45) is 3.83. The van der Waals surface area contributed by atoms with Crippen LogP contribution in [-0.4, -0.2) is 43.8 Å². The van der Waals surface area contributed by atoms with Crippen LogP contribution in [0, 0.1) is 12.7 Å². The predicted octanol–water partition coefficient (Wildman–Crippen LogP) is 6.68. The summed E-state index contributed by atoms with van der Waals surface area (Å²) in [6.45, 7) is 0.847. The molecule has 5 rings (SSSR count). The van der Waals surface area contributed by atoms with Gasteiger partial charge in [0, 0.05) is 29.6 Å². The number of aryl methyl sites for hydroxylation is 1. The number of hydrogen-bond donors (Lipinski definition) is 1. The maximum absolute atomic E-state index is 15.1. The molecule has 1 atom stereocenters. The van der Waals surface area contributed by atoms with Crippen molar-refractivity contribution < 1.29 is 22.4 Å². The number of halogens is 2. The van der Waals surface area contributed by atoms with Crippen LogP contribution in [0.2, 0.25) is 5.02 Å². The Morgan fingerprint density at radius 3 is 2.20 bits per heavy atom. The van der Waals surface area contributed by atoms with Crippen LogP contribution in [0.3, 0.4) is 0 Å². The molecule has 1 aliphatic carbocycles. The Kier molecular flexibility index (Phi) is 10.8. The molecule has 0 bridgehead atoms. The van der Waals surface area contributed by atoms with Gasteiger partial charge < -0.3 is 10.2 Å². The minimum absolute atomic E-state index is 0.00221. The summed E-state index contributed by atoms with van der Waals surface area (Å²) in [7, 11) is -4.25. The van der Waals surface area contributed by atoms with Crippen LogP contribution in [0.25, 0.3) is 0 Å². The number of nitrogens with zero attached hydrogens (tertiary/aromatic N) is 2. The number of benzene rings is 4. The molecule has 0 saturated heterocycles. The third kappa shape index (κ3) is 7.95. The van der Waals surface area contributed by atoms with Crippen LogP contribution in [0.4, 0.5) is 10.1 Å². The number of sulfonamides is 1. The zero-order chi connectivity index (χ0) is 32.7. The number of carbonyl (C=O) groups is 2. The Balaban J connectivity index is 1.59. The lowest BCUT2D eigenvalue weighted by molar-refractivity contribution is -0.140. The quantitative estimate of drug-likeness (QED) is 0.184. The summed E-state index contributed by atoms with van der Waals surface area (Å²) in [6, 6.07) is 26.9. The van der Waals surface area contributed by atoms with Crippen LogP contribution < -0.4 is 9.62 Å². The first-order chi connectivity index (χ1) is 22.1. The van der Waals surface area contributed by atoms with Crippen LogP contribution in [0.5, 0.6) is 0 Å². The molecule has 0 unspecified atom stereocenters. The number of amides is 2. The van der Waals surface area contributed by atoms with Crippen molar-refractivity contribution in [3.05, 3.63) is 131 Å². The second-order valence-electron chi connectivity index (χ2n) is 11.6.